The zero-order chi connectivity index (χ0) is 25.4. The lowest BCUT2D eigenvalue weighted by molar-refractivity contribution is -0.226. The van der Waals surface area contributed by atoms with Crippen LogP contribution >= 0.6 is 0 Å². The van der Waals surface area contributed by atoms with Crippen molar-refractivity contribution >= 4 is 23.8 Å². The van der Waals surface area contributed by atoms with Crippen LogP contribution in [0.2, 0.25) is 0 Å². The van der Waals surface area contributed by atoms with E-state index in [0.717, 1.165) is 11.1 Å². The maximum absolute atomic E-state index is 11.7. The number of amides is 1. The molecule has 0 unspecified atom stereocenters. The van der Waals surface area contributed by atoms with Gasteiger partial charge in [0.15, 0.2) is 18.3 Å². The summed E-state index contributed by atoms with van der Waals surface area (Å²) >= 11 is 0. The van der Waals surface area contributed by atoms with Crippen LogP contribution in [0.15, 0.2) is 12.1 Å². The number of hydrogen-bond donors (Lipinski definition) is 1. The third-order valence-corrected chi connectivity index (χ3v) is 5.36. The molecule has 0 saturated carbocycles. The largest absolute Gasteiger partial charge is 0.494 e. The number of primary amides is 1. The standard InChI is InChI=1S/C24H33NO9/c1-13-10-18(11-14(2)21(13)24(25)29)30-9-7-6-8-19-22(33-16(4)27)23(34-17(5)28)20(12-31-19)32-15(3)26/h10-11,19-20,22-23H,6-9,12H2,1-5H3,(H2,25,29)/t19-,20+,22-,23-/m0/s1. The van der Waals surface area contributed by atoms with Gasteiger partial charge in [-0.15, -0.1) is 0 Å². The first-order chi connectivity index (χ1) is 16.0. The van der Waals surface area contributed by atoms with Crippen molar-refractivity contribution in [2.24, 2.45) is 5.73 Å². The minimum absolute atomic E-state index is 0.0151. The smallest absolute Gasteiger partial charge is 0.303 e. The van der Waals surface area contributed by atoms with E-state index in [-0.39, 0.29) is 6.61 Å². The average Bonchev–Trinajstić information content (AvgIpc) is 2.69. The zero-order valence-electron chi connectivity index (χ0n) is 20.3. The number of hydrogen-bond acceptors (Lipinski definition) is 9. The Balaban J connectivity index is 1.96. The van der Waals surface area contributed by atoms with Crippen molar-refractivity contribution in [3.05, 3.63) is 28.8 Å². The van der Waals surface area contributed by atoms with E-state index in [1.807, 2.05) is 0 Å². The number of esters is 3. The van der Waals surface area contributed by atoms with Crippen molar-refractivity contribution in [2.45, 2.75) is 78.3 Å². The van der Waals surface area contributed by atoms with Gasteiger partial charge in [-0.1, -0.05) is 0 Å². The van der Waals surface area contributed by atoms with Crippen LogP contribution in [0.1, 0.15) is 61.5 Å². The number of benzene rings is 1. The van der Waals surface area contributed by atoms with Crippen LogP contribution in [0.25, 0.3) is 0 Å². The van der Waals surface area contributed by atoms with E-state index in [1.54, 1.807) is 26.0 Å². The molecule has 1 aliphatic rings. The number of aryl methyl sites for hydroxylation is 2. The molecular weight excluding hydrogens is 446 g/mol. The highest BCUT2D eigenvalue weighted by Gasteiger charge is 2.46. The molecule has 2 rings (SSSR count). The maximum atomic E-state index is 11.7. The minimum Gasteiger partial charge on any atom is -0.494 e. The Labute approximate surface area is 199 Å². The van der Waals surface area contributed by atoms with Crippen LogP contribution in [-0.2, 0) is 33.3 Å². The first-order valence-electron chi connectivity index (χ1n) is 11.2. The van der Waals surface area contributed by atoms with Gasteiger partial charge in [-0.05, 0) is 56.4 Å². The van der Waals surface area contributed by atoms with Crippen molar-refractivity contribution < 1.29 is 42.9 Å². The van der Waals surface area contributed by atoms with Gasteiger partial charge in [0.25, 0.3) is 0 Å². The predicted molar refractivity (Wildman–Crippen MR) is 120 cm³/mol. The highest BCUT2D eigenvalue weighted by atomic mass is 16.6. The number of unbranched alkanes of at least 4 members (excludes halogenated alkanes) is 1. The van der Waals surface area contributed by atoms with Gasteiger partial charge in [-0.25, -0.2) is 0 Å². The summed E-state index contributed by atoms with van der Waals surface area (Å²) in [6, 6.07) is 3.54. The molecule has 4 atom stereocenters. The van der Waals surface area contributed by atoms with Crippen LogP contribution in [0.3, 0.4) is 0 Å². The molecule has 2 N–H and O–H groups in total. The van der Waals surface area contributed by atoms with Crippen LogP contribution in [0, 0.1) is 13.8 Å². The Bertz CT molecular complexity index is 891. The lowest BCUT2D eigenvalue weighted by atomic mass is 9.95. The highest BCUT2D eigenvalue weighted by Crippen LogP contribution is 2.27. The summed E-state index contributed by atoms with van der Waals surface area (Å²) in [6.07, 6.45) is -1.44. The monoisotopic (exact) mass is 479 g/mol. The second kappa shape index (κ2) is 12.4. The molecule has 0 aromatic heterocycles. The van der Waals surface area contributed by atoms with Crippen LogP contribution < -0.4 is 10.5 Å². The van der Waals surface area contributed by atoms with E-state index in [9.17, 15) is 19.2 Å². The lowest BCUT2D eigenvalue weighted by Crippen LogP contribution is -2.57. The predicted octanol–water partition coefficient (Wildman–Crippen LogP) is 2.15. The van der Waals surface area contributed by atoms with E-state index in [4.69, 9.17) is 29.4 Å². The summed E-state index contributed by atoms with van der Waals surface area (Å²) in [7, 11) is 0. The SMILES string of the molecule is CC(=O)O[C@@H]1[C@@H](OC(C)=O)[C@H](OC(C)=O)CO[C@H]1CCCCOc1cc(C)c(C(N)=O)c(C)c1. The van der Waals surface area contributed by atoms with Gasteiger partial charge in [0, 0.05) is 26.3 Å². The molecule has 10 heteroatoms. The molecule has 1 saturated heterocycles. The highest BCUT2D eigenvalue weighted by molar-refractivity contribution is 5.96. The van der Waals surface area contributed by atoms with Crippen molar-refractivity contribution in [1.82, 2.24) is 0 Å². The second-order valence-electron chi connectivity index (χ2n) is 8.31. The van der Waals surface area contributed by atoms with E-state index >= 15 is 0 Å². The fourth-order valence-electron chi connectivity index (χ4n) is 4.10. The molecule has 188 valence electrons. The van der Waals surface area contributed by atoms with Crippen LogP contribution in [0.5, 0.6) is 5.75 Å². The molecule has 0 aliphatic carbocycles. The van der Waals surface area contributed by atoms with E-state index in [0.29, 0.717) is 37.2 Å². The summed E-state index contributed by atoms with van der Waals surface area (Å²) in [5.41, 5.74) is 7.41. The molecule has 0 bridgehead atoms. The fourth-order valence-corrected chi connectivity index (χ4v) is 4.10. The van der Waals surface area contributed by atoms with Crippen LogP contribution in [-0.4, -0.2) is 61.4 Å². The minimum atomic E-state index is -0.963. The summed E-state index contributed by atoms with van der Waals surface area (Å²) < 4.78 is 27.6. The summed E-state index contributed by atoms with van der Waals surface area (Å²) in [6.45, 7) is 7.76. The summed E-state index contributed by atoms with van der Waals surface area (Å²) in [5.74, 6) is -1.53. The first kappa shape index (κ1) is 27.1. The Morgan fingerprint density at radius 3 is 2.00 bits per heavy atom. The van der Waals surface area contributed by atoms with Crippen molar-refractivity contribution in [3.63, 3.8) is 0 Å². The zero-order valence-corrected chi connectivity index (χ0v) is 20.3. The summed E-state index contributed by atoms with van der Waals surface area (Å²) in [4.78, 5) is 46.3. The summed E-state index contributed by atoms with van der Waals surface area (Å²) in [5, 5.41) is 0. The van der Waals surface area contributed by atoms with Crippen molar-refractivity contribution in [3.8, 4) is 5.75 Å². The molecule has 34 heavy (non-hydrogen) atoms. The van der Waals surface area contributed by atoms with Gasteiger partial charge in [0.2, 0.25) is 5.91 Å². The number of rotatable bonds is 10. The number of carbonyl (C=O) groups excluding carboxylic acids is 4. The van der Waals surface area contributed by atoms with E-state index < -0.39 is 48.2 Å². The Morgan fingerprint density at radius 1 is 0.912 bits per heavy atom. The molecule has 1 aromatic rings. The molecule has 1 fully saturated rings. The third-order valence-electron chi connectivity index (χ3n) is 5.36. The van der Waals surface area contributed by atoms with Gasteiger partial charge in [-0.2, -0.15) is 0 Å². The fraction of sp³-hybridized carbons (Fsp3) is 0.583. The van der Waals surface area contributed by atoms with Gasteiger partial charge >= 0.3 is 17.9 Å². The van der Waals surface area contributed by atoms with Crippen LogP contribution in [0.4, 0.5) is 0 Å². The number of ether oxygens (including phenoxy) is 5. The topological polar surface area (TPSA) is 140 Å². The van der Waals surface area contributed by atoms with Crippen molar-refractivity contribution in [2.75, 3.05) is 13.2 Å². The van der Waals surface area contributed by atoms with E-state index in [2.05, 4.69) is 0 Å². The Hall–Kier alpha value is -3.14. The molecule has 1 aromatic carbocycles. The molecule has 1 heterocycles. The number of carbonyl (C=O) groups is 4. The molecule has 0 spiro atoms. The Kier molecular flexibility index (Phi) is 9.85. The van der Waals surface area contributed by atoms with Gasteiger partial charge < -0.3 is 29.4 Å². The first-order valence-corrected chi connectivity index (χ1v) is 11.2. The van der Waals surface area contributed by atoms with Gasteiger partial charge in [0.1, 0.15) is 5.75 Å². The molecule has 1 amide bonds. The maximum Gasteiger partial charge on any atom is 0.303 e. The molecular formula is C24H33NO9. The number of nitrogens with two attached hydrogens (primary N) is 1. The quantitative estimate of drug-likeness (QED) is 0.303. The van der Waals surface area contributed by atoms with E-state index in [1.165, 1.54) is 20.8 Å². The Morgan fingerprint density at radius 2 is 1.47 bits per heavy atom. The molecule has 10 nitrogen and oxygen atoms in total. The van der Waals surface area contributed by atoms with Gasteiger partial charge in [-0.3, -0.25) is 19.2 Å². The van der Waals surface area contributed by atoms with Crippen molar-refractivity contribution in [1.29, 1.82) is 0 Å². The lowest BCUT2D eigenvalue weighted by Gasteiger charge is -2.40. The second-order valence-corrected chi connectivity index (χ2v) is 8.31. The molecule has 0 radical (unpaired) electrons. The molecule has 1 aliphatic heterocycles. The average molecular weight is 480 g/mol. The van der Waals surface area contributed by atoms with Gasteiger partial charge in [0.05, 0.1) is 19.3 Å². The normalized spacial score (nSPS) is 21.9. The third kappa shape index (κ3) is 7.72.